The molecule has 4 aliphatic rings. The molecule has 0 N–H and O–H groups in total. The van der Waals surface area contributed by atoms with Crippen molar-refractivity contribution in [3.63, 3.8) is 0 Å². The fraction of sp³-hybridized carbons (Fsp3) is 0.733. The predicted octanol–water partition coefficient (Wildman–Crippen LogP) is 3.01. The van der Waals surface area contributed by atoms with Crippen LogP contribution in [0.15, 0.2) is 12.2 Å². The molecule has 9 atom stereocenters. The first-order valence-corrected chi connectivity index (χ1v) is 14.0. The van der Waals surface area contributed by atoms with Crippen LogP contribution in [0.5, 0.6) is 0 Å². The zero-order chi connectivity index (χ0) is 30.9. The van der Waals surface area contributed by atoms with Crippen LogP contribution in [0.2, 0.25) is 0 Å². The Morgan fingerprint density at radius 1 is 0.780 bits per heavy atom. The van der Waals surface area contributed by atoms with Gasteiger partial charge in [-0.05, 0) is 30.6 Å². The van der Waals surface area contributed by atoms with Gasteiger partial charge in [-0.3, -0.25) is 28.8 Å². The molecule has 4 saturated carbocycles. The number of hydrogen-bond donors (Lipinski definition) is 0. The molecule has 0 heterocycles. The molecule has 4 aliphatic carbocycles. The Labute approximate surface area is 239 Å². The van der Waals surface area contributed by atoms with Crippen molar-refractivity contribution in [3.8, 4) is 0 Å². The summed E-state index contributed by atoms with van der Waals surface area (Å²) in [4.78, 5) is 77.5. The first-order chi connectivity index (χ1) is 18.8. The molecule has 4 rings (SSSR count). The first kappa shape index (κ1) is 30.7. The summed E-state index contributed by atoms with van der Waals surface area (Å²) in [6.07, 6.45) is -3.36. The molecular weight excluding hydrogens is 536 g/mol. The molecular formula is C30H40O11. The second-order valence-electron chi connectivity index (χ2n) is 12.9. The fourth-order valence-corrected chi connectivity index (χ4v) is 9.09. The van der Waals surface area contributed by atoms with Gasteiger partial charge in [0.1, 0.15) is 23.7 Å². The van der Waals surface area contributed by atoms with Crippen LogP contribution in [0.3, 0.4) is 0 Å². The minimum atomic E-state index is -1.88. The van der Waals surface area contributed by atoms with Crippen molar-refractivity contribution in [2.24, 2.45) is 28.1 Å². The standard InChI is InChI=1S/C30H40O11/c1-14-25(36)30-23(39-17(4)33)12-21-27(7,8)11-10-22(38-16(3)32)28(21,9)24(30)20(37-15(2)31)13-29(14,41-19(6)35)26(30)40-18(5)34/h20-24,26H,1,10-13H2,2-9H3/t20?,21?,22-,23-,24?,26?,28+,29-,30?/m1/s1. The molecule has 2 bridgehead atoms. The zero-order valence-corrected chi connectivity index (χ0v) is 25.0. The van der Waals surface area contributed by atoms with Crippen molar-refractivity contribution >= 4 is 35.6 Å². The number of hydrogen-bond acceptors (Lipinski definition) is 11. The van der Waals surface area contributed by atoms with Gasteiger partial charge in [0.05, 0.1) is 0 Å². The molecule has 0 saturated heterocycles. The van der Waals surface area contributed by atoms with Gasteiger partial charge < -0.3 is 23.7 Å². The normalized spacial score (nSPS) is 40.4. The summed E-state index contributed by atoms with van der Waals surface area (Å²) in [5.74, 6) is -5.25. The smallest absolute Gasteiger partial charge is 0.303 e. The lowest BCUT2D eigenvalue weighted by atomic mass is 9.38. The van der Waals surface area contributed by atoms with Gasteiger partial charge in [0.15, 0.2) is 17.5 Å². The van der Waals surface area contributed by atoms with Crippen LogP contribution < -0.4 is 0 Å². The maximum absolute atomic E-state index is 14.7. The summed E-state index contributed by atoms with van der Waals surface area (Å²) >= 11 is 0. The van der Waals surface area contributed by atoms with E-state index in [1.54, 1.807) is 0 Å². The minimum Gasteiger partial charge on any atom is -0.462 e. The molecule has 5 unspecified atom stereocenters. The first-order valence-electron chi connectivity index (χ1n) is 14.0. The summed E-state index contributed by atoms with van der Waals surface area (Å²) < 4.78 is 29.5. The van der Waals surface area contributed by atoms with E-state index in [0.717, 1.165) is 13.8 Å². The van der Waals surface area contributed by atoms with Crippen molar-refractivity contribution < 1.29 is 52.5 Å². The van der Waals surface area contributed by atoms with E-state index >= 15 is 0 Å². The number of carbonyl (C=O) groups is 6. The van der Waals surface area contributed by atoms with Crippen LogP contribution in [-0.4, -0.2) is 65.6 Å². The average molecular weight is 577 g/mol. The Morgan fingerprint density at radius 3 is 1.83 bits per heavy atom. The monoisotopic (exact) mass is 576 g/mol. The third-order valence-electron chi connectivity index (χ3n) is 10.1. The van der Waals surface area contributed by atoms with Gasteiger partial charge in [0.2, 0.25) is 0 Å². The summed E-state index contributed by atoms with van der Waals surface area (Å²) in [6, 6.07) is 0. The van der Waals surface area contributed by atoms with Crippen molar-refractivity contribution in [2.75, 3.05) is 0 Å². The van der Waals surface area contributed by atoms with Crippen molar-refractivity contribution in [1.29, 1.82) is 0 Å². The highest BCUT2D eigenvalue weighted by molar-refractivity contribution is 6.07. The number of rotatable bonds is 5. The van der Waals surface area contributed by atoms with E-state index in [-0.39, 0.29) is 29.7 Å². The van der Waals surface area contributed by atoms with Crippen LogP contribution in [0, 0.1) is 28.1 Å². The molecule has 4 fully saturated rings. The lowest BCUT2D eigenvalue weighted by Gasteiger charge is -2.68. The van der Waals surface area contributed by atoms with Gasteiger partial charge in [-0.15, -0.1) is 0 Å². The highest BCUT2D eigenvalue weighted by Gasteiger charge is 2.85. The van der Waals surface area contributed by atoms with Gasteiger partial charge in [0, 0.05) is 57.9 Å². The van der Waals surface area contributed by atoms with E-state index in [2.05, 4.69) is 20.4 Å². The third kappa shape index (κ3) is 4.37. The molecule has 1 spiro atoms. The second-order valence-corrected chi connectivity index (χ2v) is 12.9. The van der Waals surface area contributed by atoms with Gasteiger partial charge >= 0.3 is 29.8 Å². The number of Topliss-reactive ketones (excluding diaryl/α,β-unsaturated/α-hetero) is 1. The fourth-order valence-electron chi connectivity index (χ4n) is 9.09. The van der Waals surface area contributed by atoms with Crippen LogP contribution in [0.1, 0.15) is 81.1 Å². The molecule has 41 heavy (non-hydrogen) atoms. The second kappa shape index (κ2) is 9.94. The van der Waals surface area contributed by atoms with Gasteiger partial charge in [-0.1, -0.05) is 27.4 Å². The van der Waals surface area contributed by atoms with Crippen LogP contribution in [0.25, 0.3) is 0 Å². The van der Waals surface area contributed by atoms with E-state index in [0.29, 0.717) is 12.8 Å². The maximum Gasteiger partial charge on any atom is 0.303 e. The number of esters is 5. The highest BCUT2D eigenvalue weighted by atomic mass is 16.6. The molecule has 0 aromatic carbocycles. The van der Waals surface area contributed by atoms with Crippen LogP contribution in [0.4, 0.5) is 0 Å². The number of fused-ring (bicyclic) bond motifs is 3. The zero-order valence-electron chi connectivity index (χ0n) is 25.0. The quantitative estimate of drug-likeness (QED) is 0.270. The van der Waals surface area contributed by atoms with Gasteiger partial charge in [-0.25, -0.2) is 0 Å². The van der Waals surface area contributed by atoms with E-state index in [4.69, 9.17) is 23.7 Å². The molecule has 226 valence electrons. The largest absolute Gasteiger partial charge is 0.462 e. The molecule has 11 heteroatoms. The summed E-state index contributed by atoms with van der Waals surface area (Å²) in [5, 5.41) is 0. The average Bonchev–Trinajstić information content (AvgIpc) is 2.91. The molecule has 0 aromatic rings. The Kier molecular flexibility index (Phi) is 7.45. The van der Waals surface area contributed by atoms with E-state index in [9.17, 15) is 28.8 Å². The molecule has 0 amide bonds. The third-order valence-corrected chi connectivity index (χ3v) is 10.1. The Hall–Kier alpha value is -3.24. The van der Waals surface area contributed by atoms with Crippen LogP contribution >= 0.6 is 0 Å². The van der Waals surface area contributed by atoms with Crippen molar-refractivity contribution in [3.05, 3.63) is 12.2 Å². The summed E-state index contributed by atoms with van der Waals surface area (Å²) in [7, 11) is 0. The summed E-state index contributed by atoms with van der Waals surface area (Å²) in [5.41, 5.74) is -5.30. The summed E-state index contributed by atoms with van der Waals surface area (Å²) in [6.45, 7) is 16.1. The SMILES string of the molecule is C=C1C(=O)C23C(C(OC(C)=O)C[C@]1(OC(C)=O)C2OC(C)=O)[C@@]1(C)C(C[C@H]3OC(C)=O)C(C)(C)CC[C@H]1OC(C)=O. The lowest BCUT2D eigenvalue weighted by Crippen LogP contribution is -2.76. The Morgan fingerprint density at radius 2 is 1.32 bits per heavy atom. The van der Waals surface area contributed by atoms with Crippen molar-refractivity contribution in [2.45, 2.75) is 111 Å². The topological polar surface area (TPSA) is 149 Å². The Bertz CT molecular complexity index is 1220. The Balaban J connectivity index is 2.13. The number of ketones is 1. The van der Waals surface area contributed by atoms with E-state index < -0.39 is 82.4 Å². The molecule has 0 radical (unpaired) electrons. The number of ether oxygens (including phenoxy) is 5. The molecule has 0 aliphatic heterocycles. The van der Waals surface area contributed by atoms with Gasteiger partial charge in [0.25, 0.3) is 0 Å². The highest BCUT2D eigenvalue weighted by Crippen LogP contribution is 2.74. The maximum atomic E-state index is 14.7. The van der Waals surface area contributed by atoms with Gasteiger partial charge in [-0.2, -0.15) is 0 Å². The van der Waals surface area contributed by atoms with E-state index in [1.807, 2.05) is 6.92 Å². The molecule has 11 nitrogen and oxygen atoms in total. The predicted molar refractivity (Wildman–Crippen MR) is 141 cm³/mol. The van der Waals surface area contributed by atoms with Crippen LogP contribution in [-0.2, 0) is 52.5 Å². The lowest BCUT2D eigenvalue weighted by molar-refractivity contribution is -0.299. The number of carbonyl (C=O) groups excluding carboxylic acids is 6. The van der Waals surface area contributed by atoms with E-state index in [1.165, 1.54) is 20.8 Å². The van der Waals surface area contributed by atoms with Crippen molar-refractivity contribution in [1.82, 2.24) is 0 Å². The molecule has 0 aromatic heterocycles. The minimum absolute atomic E-state index is 0.142.